The zero-order valence-electron chi connectivity index (χ0n) is 9.83. The Morgan fingerprint density at radius 1 is 1.11 bits per heavy atom. The van der Waals surface area contributed by atoms with E-state index in [4.69, 9.17) is 4.42 Å². The van der Waals surface area contributed by atoms with Gasteiger partial charge in [-0.05, 0) is 24.3 Å². The molecule has 5 nitrogen and oxygen atoms in total. The highest BCUT2D eigenvalue weighted by molar-refractivity contribution is 6.01. The van der Waals surface area contributed by atoms with Crippen molar-refractivity contribution in [3.63, 3.8) is 0 Å². The highest BCUT2D eigenvalue weighted by atomic mass is 16.4. The van der Waals surface area contributed by atoms with Crippen LogP contribution in [0.25, 0.3) is 6.08 Å². The van der Waals surface area contributed by atoms with E-state index in [0.717, 1.165) is 0 Å². The van der Waals surface area contributed by atoms with Crippen LogP contribution >= 0.6 is 0 Å². The number of hydrogen-bond acceptors (Lipinski definition) is 4. The number of carboxylic acids is 1. The Bertz CT molecular complexity index is 600. The molecule has 0 spiro atoms. The summed E-state index contributed by atoms with van der Waals surface area (Å²) in [5, 5.41) is 13.2. The fourth-order valence-electron chi connectivity index (χ4n) is 1.45. The molecule has 5 heteroatoms. The molecule has 0 radical (unpaired) electrons. The normalized spacial score (nSPS) is 11.1. The molecular weight excluding hydrogens is 246 g/mol. The van der Waals surface area contributed by atoms with E-state index in [9.17, 15) is 14.7 Å². The maximum atomic E-state index is 11.8. The lowest BCUT2D eigenvalue weighted by atomic mass is 10.2. The Morgan fingerprint density at radius 3 is 2.42 bits per heavy atom. The van der Waals surface area contributed by atoms with Crippen molar-refractivity contribution in [1.29, 1.82) is 0 Å². The molecule has 0 atom stereocenters. The van der Waals surface area contributed by atoms with Crippen molar-refractivity contribution in [2.24, 2.45) is 0 Å². The number of carbonyl (C=O) groups excluding carboxylic acids is 2. The van der Waals surface area contributed by atoms with Gasteiger partial charge in [-0.2, -0.15) is 0 Å². The maximum Gasteiger partial charge on any atom is 0.255 e. The van der Waals surface area contributed by atoms with Gasteiger partial charge in [0.2, 0.25) is 0 Å². The lowest BCUT2D eigenvalue weighted by molar-refractivity contribution is -0.299. The third kappa shape index (κ3) is 3.32. The average Bonchev–Trinajstić information content (AvgIpc) is 2.91. The van der Waals surface area contributed by atoms with Crippen LogP contribution < -0.4 is 10.4 Å². The average molecular weight is 256 g/mol. The third-order valence-corrected chi connectivity index (χ3v) is 2.33. The van der Waals surface area contributed by atoms with Crippen molar-refractivity contribution in [2.45, 2.75) is 0 Å². The molecule has 0 aliphatic heterocycles. The van der Waals surface area contributed by atoms with Crippen LogP contribution in [-0.2, 0) is 4.79 Å². The molecule has 1 heterocycles. The number of rotatable bonds is 4. The number of furan rings is 1. The molecule has 2 rings (SSSR count). The van der Waals surface area contributed by atoms with E-state index in [0.29, 0.717) is 11.3 Å². The Hall–Kier alpha value is -2.82. The van der Waals surface area contributed by atoms with Gasteiger partial charge < -0.3 is 19.6 Å². The van der Waals surface area contributed by atoms with Crippen LogP contribution in [0.3, 0.4) is 0 Å². The minimum absolute atomic E-state index is 0.313. The monoisotopic (exact) mass is 256 g/mol. The first-order valence-electron chi connectivity index (χ1n) is 5.50. The molecule has 2 aromatic rings. The number of hydrogen-bond donors (Lipinski definition) is 1. The fraction of sp³-hybridized carbons (Fsp3) is 0. The quantitative estimate of drug-likeness (QED) is 0.820. The van der Waals surface area contributed by atoms with Gasteiger partial charge in [0, 0.05) is 11.6 Å². The molecule has 0 saturated heterocycles. The number of amides is 1. The Labute approximate surface area is 109 Å². The van der Waals surface area contributed by atoms with Crippen molar-refractivity contribution in [1.82, 2.24) is 5.32 Å². The van der Waals surface area contributed by atoms with Gasteiger partial charge in [0.25, 0.3) is 5.91 Å². The molecule has 0 bridgehead atoms. The van der Waals surface area contributed by atoms with Crippen LogP contribution in [0.1, 0.15) is 16.1 Å². The van der Waals surface area contributed by atoms with Gasteiger partial charge in [0.1, 0.15) is 5.76 Å². The molecule has 96 valence electrons. The molecule has 19 heavy (non-hydrogen) atoms. The van der Waals surface area contributed by atoms with Crippen LogP contribution in [0.5, 0.6) is 0 Å². The summed E-state index contributed by atoms with van der Waals surface area (Å²) in [6.45, 7) is 0. The van der Waals surface area contributed by atoms with E-state index in [-0.39, 0.29) is 5.70 Å². The molecule has 1 aromatic heterocycles. The summed E-state index contributed by atoms with van der Waals surface area (Å²) in [6, 6.07) is 11.5. The third-order valence-electron chi connectivity index (χ3n) is 2.33. The highest BCUT2D eigenvalue weighted by Crippen LogP contribution is 2.06. The van der Waals surface area contributed by atoms with Crippen LogP contribution in [0.2, 0.25) is 0 Å². The van der Waals surface area contributed by atoms with E-state index in [1.165, 1.54) is 12.3 Å². The fourth-order valence-corrected chi connectivity index (χ4v) is 1.45. The van der Waals surface area contributed by atoms with Gasteiger partial charge in [-0.15, -0.1) is 0 Å². The zero-order chi connectivity index (χ0) is 13.7. The van der Waals surface area contributed by atoms with E-state index in [1.54, 1.807) is 42.5 Å². The number of aliphatic carboxylic acids is 1. The summed E-state index contributed by atoms with van der Waals surface area (Å²) in [6.07, 6.45) is 2.59. The molecule has 0 fully saturated rings. The predicted molar refractivity (Wildman–Crippen MR) is 65.6 cm³/mol. The SMILES string of the molecule is O=C([O-])/C(=C\c1ccco1)NC(=O)c1ccccc1. The zero-order valence-corrected chi connectivity index (χ0v) is 9.83. The van der Waals surface area contributed by atoms with Crippen molar-refractivity contribution in [3.05, 3.63) is 65.7 Å². The van der Waals surface area contributed by atoms with E-state index < -0.39 is 11.9 Å². The standard InChI is InChI=1S/C14H11NO4/c16-13(10-5-2-1-3-6-10)15-12(14(17)18)9-11-7-4-8-19-11/h1-9H,(H,15,16)(H,17,18)/p-1/b12-9+. The minimum Gasteiger partial charge on any atom is -0.543 e. The van der Waals surface area contributed by atoms with Crippen molar-refractivity contribution in [3.8, 4) is 0 Å². The van der Waals surface area contributed by atoms with Gasteiger partial charge in [-0.25, -0.2) is 0 Å². The molecule has 1 aromatic carbocycles. The molecular formula is C14H10NO4-. The summed E-state index contributed by atoms with van der Waals surface area (Å²) < 4.78 is 4.98. The minimum atomic E-state index is -1.49. The summed E-state index contributed by atoms with van der Waals surface area (Å²) >= 11 is 0. The predicted octanol–water partition coefficient (Wildman–Crippen LogP) is 0.800. The largest absolute Gasteiger partial charge is 0.543 e. The van der Waals surface area contributed by atoms with Crippen LogP contribution in [-0.4, -0.2) is 11.9 Å². The van der Waals surface area contributed by atoms with E-state index in [1.807, 2.05) is 0 Å². The summed E-state index contributed by atoms with van der Waals surface area (Å²) in [5.74, 6) is -1.70. The first-order valence-corrected chi connectivity index (χ1v) is 5.50. The molecule has 0 unspecified atom stereocenters. The van der Waals surface area contributed by atoms with Crippen molar-refractivity contribution >= 4 is 18.0 Å². The molecule has 0 saturated carbocycles. The number of benzene rings is 1. The second-order valence-electron chi connectivity index (χ2n) is 3.68. The Balaban J connectivity index is 2.19. The van der Waals surface area contributed by atoms with E-state index >= 15 is 0 Å². The van der Waals surface area contributed by atoms with Crippen molar-refractivity contribution < 1.29 is 19.1 Å². The molecule has 1 amide bonds. The highest BCUT2D eigenvalue weighted by Gasteiger charge is 2.08. The number of carbonyl (C=O) groups is 2. The van der Waals surface area contributed by atoms with Gasteiger partial charge in [-0.1, -0.05) is 18.2 Å². The van der Waals surface area contributed by atoms with Gasteiger partial charge in [-0.3, -0.25) is 4.79 Å². The smallest absolute Gasteiger partial charge is 0.255 e. The second-order valence-corrected chi connectivity index (χ2v) is 3.68. The van der Waals surface area contributed by atoms with Crippen LogP contribution in [0, 0.1) is 0 Å². The van der Waals surface area contributed by atoms with Gasteiger partial charge >= 0.3 is 0 Å². The van der Waals surface area contributed by atoms with E-state index in [2.05, 4.69) is 5.32 Å². The van der Waals surface area contributed by atoms with Crippen molar-refractivity contribution in [2.75, 3.05) is 0 Å². The first-order chi connectivity index (χ1) is 9.16. The Morgan fingerprint density at radius 2 is 1.84 bits per heavy atom. The maximum absolute atomic E-state index is 11.8. The second kappa shape index (κ2) is 5.68. The molecule has 0 aliphatic carbocycles. The lowest BCUT2D eigenvalue weighted by Crippen LogP contribution is -2.35. The van der Waals surface area contributed by atoms with Crippen LogP contribution in [0.4, 0.5) is 0 Å². The topological polar surface area (TPSA) is 82.4 Å². The summed E-state index contributed by atoms with van der Waals surface area (Å²) in [4.78, 5) is 22.8. The molecule has 1 N–H and O–H groups in total. The lowest BCUT2D eigenvalue weighted by Gasteiger charge is -2.10. The van der Waals surface area contributed by atoms with Crippen LogP contribution in [0.15, 0.2) is 58.8 Å². The number of carboxylic acid groups (broad SMARTS) is 1. The summed E-state index contributed by atoms with van der Waals surface area (Å²) in [5.41, 5.74) is -0.00195. The Kier molecular flexibility index (Phi) is 3.78. The first kappa shape index (κ1) is 12.6. The van der Waals surface area contributed by atoms with Gasteiger partial charge in [0.05, 0.1) is 17.9 Å². The molecule has 0 aliphatic rings. The summed E-state index contributed by atoms with van der Waals surface area (Å²) in [7, 11) is 0. The number of nitrogens with one attached hydrogen (secondary N) is 1. The van der Waals surface area contributed by atoms with Gasteiger partial charge in [0.15, 0.2) is 0 Å².